The summed E-state index contributed by atoms with van der Waals surface area (Å²) >= 11 is 0. The molecule has 0 radical (unpaired) electrons. The third kappa shape index (κ3) is 5.37. The minimum Gasteiger partial charge on any atom is -0.497 e. The first-order chi connectivity index (χ1) is 14.3. The molecule has 0 atom stereocenters. The Hall–Kier alpha value is -3.35. The fourth-order valence-electron chi connectivity index (χ4n) is 2.85. The molecule has 0 unspecified atom stereocenters. The van der Waals surface area contributed by atoms with Crippen LogP contribution in [0, 0.1) is 5.41 Å². The molecule has 0 saturated heterocycles. The molecule has 0 fully saturated rings. The van der Waals surface area contributed by atoms with E-state index in [0.29, 0.717) is 40.9 Å². The van der Waals surface area contributed by atoms with Gasteiger partial charge in [-0.25, -0.2) is 0 Å². The summed E-state index contributed by atoms with van der Waals surface area (Å²) < 4.78 is 21.6. The lowest BCUT2D eigenvalue weighted by Crippen LogP contribution is -2.12. The van der Waals surface area contributed by atoms with Crippen molar-refractivity contribution in [3.63, 3.8) is 0 Å². The van der Waals surface area contributed by atoms with Gasteiger partial charge in [0, 0.05) is 17.5 Å². The van der Waals surface area contributed by atoms with Crippen molar-refractivity contribution in [2.75, 3.05) is 20.8 Å². The van der Waals surface area contributed by atoms with Crippen LogP contribution in [0.2, 0.25) is 0 Å². The highest BCUT2D eigenvalue weighted by Crippen LogP contribution is 2.32. The molecular weight excluding hydrogens is 384 g/mol. The lowest BCUT2D eigenvalue weighted by Gasteiger charge is -2.13. The molecule has 0 aliphatic carbocycles. The molecule has 3 rings (SSSR count). The molecule has 0 bridgehead atoms. The Morgan fingerprint density at radius 3 is 2.53 bits per heavy atom. The van der Waals surface area contributed by atoms with E-state index < -0.39 is 0 Å². The van der Waals surface area contributed by atoms with Crippen LogP contribution in [-0.2, 0) is 6.42 Å². The van der Waals surface area contributed by atoms with Crippen LogP contribution in [0.4, 0.5) is 0 Å². The van der Waals surface area contributed by atoms with Crippen LogP contribution in [0.1, 0.15) is 37.0 Å². The van der Waals surface area contributed by atoms with E-state index in [9.17, 15) is 4.79 Å². The van der Waals surface area contributed by atoms with Crippen molar-refractivity contribution in [2.45, 2.75) is 27.2 Å². The molecular formula is C23H26N2O5. The van der Waals surface area contributed by atoms with Crippen LogP contribution in [-0.4, -0.2) is 36.8 Å². The van der Waals surface area contributed by atoms with Gasteiger partial charge >= 0.3 is 0 Å². The van der Waals surface area contributed by atoms with E-state index in [1.54, 1.807) is 49.6 Å². The molecule has 0 spiro atoms. The number of benzene rings is 2. The number of ether oxygens (including phenoxy) is 3. The van der Waals surface area contributed by atoms with Gasteiger partial charge in [-0.05, 0) is 35.7 Å². The fraction of sp³-hybridized carbons (Fsp3) is 0.348. The van der Waals surface area contributed by atoms with Gasteiger partial charge < -0.3 is 18.7 Å². The van der Waals surface area contributed by atoms with Crippen LogP contribution in [0.5, 0.6) is 17.2 Å². The van der Waals surface area contributed by atoms with Gasteiger partial charge in [0.2, 0.25) is 11.7 Å². The second-order valence-corrected chi connectivity index (χ2v) is 8.06. The van der Waals surface area contributed by atoms with E-state index in [-0.39, 0.29) is 17.8 Å². The van der Waals surface area contributed by atoms with Crippen LogP contribution < -0.4 is 14.2 Å². The van der Waals surface area contributed by atoms with Gasteiger partial charge in [-0.15, -0.1) is 0 Å². The molecule has 7 nitrogen and oxygen atoms in total. The second-order valence-electron chi connectivity index (χ2n) is 8.06. The van der Waals surface area contributed by atoms with E-state index >= 15 is 0 Å². The molecule has 7 heteroatoms. The van der Waals surface area contributed by atoms with E-state index in [4.69, 9.17) is 18.7 Å². The Morgan fingerprint density at radius 1 is 1.03 bits per heavy atom. The highest BCUT2D eigenvalue weighted by molar-refractivity contribution is 5.97. The third-order valence-electron chi connectivity index (χ3n) is 4.32. The summed E-state index contributed by atoms with van der Waals surface area (Å²) in [4.78, 5) is 16.9. The number of rotatable bonds is 8. The summed E-state index contributed by atoms with van der Waals surface area (Å²) in [5.41, 5.74) is 1.31. The molecule has 0 N–H and O–H groups in total. The average molecular weight is 410 g/mol. The highest BCUT2D eigenvalue weighted by Gasteiger charge is 2.18. The van der Waals surface area contributed by atoms with Gasteiger partial charge in [0.15, 0.2) is 23.9 Å². The maximum absolute atomic E-state index is 12.4. The van der Waals surface area contributed by atoms with Crippen molar-refractivity contribution in [3.8, 4) is 28.6 Å². The summed E-state index contributed by atoms with van der Waals surface area (Å²) in [6, 6.07) is 12.2. The Labute approximate surface area is 176 Å². The smallest absolute Gasteiger partial charge is 0.227 e. The molecule has 1 heterocycles. The number of carbonyl (C=O) groups is 1. The van der Waals surface area contributed by atoms with Gasteiger partial charge in [-0.2, -0.15) is 4.98 Å². The first kappa shape index (κ1) is 21.4. The van der Waals surface area contributed by atoms with E-state index in [0.717, 1.165) is 5.56 Å². The Morgan fingerprint density at radius 2 is 1.83 bits per heavy atom. The van der Waals surface area contributed by atoms with Gasteiger partial charge in [0.1, 0.15) is 5.75 Å². The van der Waals surface area contributed by atoms with Crippen LogP contribution in [0.25, 0.3) is 11.4 Å². The van der Waals surface area contributed by atoms with Crippen molar-refractivity contribution >= 4 is 5.78 Å². The summed E-state index contributed by atoms with van der Waals surface area (Å²) in [6.07, 6.45) is 0.685. The van der Waals surface area contributed by atoms with Crippen molar-refractivity contribution in [2.24, 2.45) is 5.41 Å². The molecule has 1 aromatic heterocycles. The van der Waals surface area contributed by atoms with Crippen molar-refractivity contribution in [1.29, 1.82) is 0 Å². The molecule has 158 valence electrons. The summed E-state index contributed by atoms with van der Waals surface area (Å²) in [5.74, 6) is 2.45. The van der Waals surface area contributed by atoms with Gasteiger partial charge in [0.05, 0.1) is 14.2 Å². The number of ketones is 1. The molecule has 3 aromatic rings. The maximum Gasteiger partial charge on any atom is 0.227 e. The zero-order valence-corrected chi connectivity index (χ0v) is 17.9. The molecule has 0 amide bonds. The monoisotopic (exact) mass is 410 g/mol. The van der Waals surface area contributed by atoms with Crippen LogP contribution in [0.3, 0.4) is 0 Å². The summed E-state index contributed by atoms with van der Waals surface area (Å²) in [7, 11) is 3.10. The lowest BCUT2D eigenvalue weighted by atomic mass is 9.92. The van der Waals surface area contributed by atoms with Crippen molar-refractivity contribution in [3.05, 3.63) is 53.9 Å². The summed E-state index contributed by atoms with van der Waals surface area (Å²) in [6.45, 7) is 6.21. The zero-order valence-electron chi connectivity index (χ0n) is 17.9. The first-order valence-electron chi connectivity index (χ1n) is 9.60. The summed E-state index contributed by atoms with van der Waals surface area (Å²) in [5, 5.41) is 4.06. The molecule has 2 aromatic carbocycles. The number of aromatic nitrogens is 2. The largest absolute Gasteiger partial charge is 0.497 e. The highest BCUT2D eigenvalue weighted by atomic mass is 16.5. The predicted octanol–water partition coefficient (Wildman–Crippen LogP) is 4.60. The number of hydrogen-bond donors (Lipinski definition) is 0. The molecule has 0 saturated carbocycles. The molecule has 30 heavy (non-hydrogen) atoms. The number of nitrogens with zero attached hydrogens (tertiary/aromatic N) is 2. The Bertz CT molecular complexity index is 1020. The van der Waals surface area contributed by atoms with E-state index in [1.165, 1.54) is 7.11 Å². The quantitative estimate of drug-likeness (QED) is 0.502. The van der Waals surface area contributed by atoms with Crippen LogP contribution >= 0.6 is 0 Å². The van der Waals surface area contributed by atoms with Crippen molar-refractivity contribution in [1.82, 2.24) is 10.1 Å². The van der Waals surface area contributed by atoms with E-state index in [1.807, 2.05) is 0 Å². The number of methoxy groups -OCH3 is 2. The topological polar surface area (TPSA) is 83.7 Å². The Balaban J connectivity index is 1.72. The maximum atomic E-state index is 12.4. The predicted molar refractivity (Wildman–Crippen MR) is 112 cm³/mol. The minimum absolute atomic E-state index is 0.0501. The fourth-order valence-corrected chi connectivity index (χ4v) is 2.85. The van der Waals surface area contributed by atoms with Crippen molar-refractivity contribution < 1.29 is 23.5 Å². The van der Waals surface area contributed by atoms with Crippen LogP contribution in [0.15, 0.2) is 47.0 Å². The standard InChI is InChI=1S/C23H26N2O5/c1-23(2,3)13-21-24-22(25-30-21)16-9-10-19(20(12-16)28-5)29-14-18(26)15-7-6-8-17(11-15)27-4/h6-12H,13-14H2,1-5H3. The first-order valence-corrected chi connectivity index (χ1v) is 9.60. The van der Waals surface area contributed by atoms with E-state index in [2.05, 4.69) is 30.9 Å². The SMILES string of the molecule is COc1cccc(C(=O)COc2ccc(-c3noc(CC(C)(C)C)n3)cc2OC)c1. The lowest BCUT2D eigenvalue weighted by molar-refractivity contribution is 0.0919. The third-order valence-corrected chi connectivity index (χ3v) is 4.32. The Kier molecular flexibility index (Phi) is 6.40. The number of hydrogen-bond acceptors (Lipinski definition) is 7. The van der Waals surface area contributed by atoms with Gasteiger partial charge in [-0.1, -0.05) is 38.1 Å². The number of carbonyl (C=O) groups excluding carboxylic acids is 1. The molecule has 0 aliphatic rings. The van der Waals surface area contributed by atoms with Gasteiger partial charge in [-0.3, -0.25) is 4.79 Å². The molecule has 0 aliphatic heterocycles. The normalized spacial score (nSPS) is 11.2. The average Bonchev–Trinajstić information content (AvgIpc) is 3.18. The zero-order chi connectivity index (χ0) is 21.7. The minimum atomic E-state index is -0.162. The second kappa shape index (κ2) is 8.98. The number of Topliss-reactive ketones (excluding diaryl/α,β-unsaturated/α-hetero) is 1. The van der Waals surface area contributed by atoms with Gasteiger partial charge in [0.25, 0.3) is 0 Å².